The van der Waals surface area contributed by atoms with E-state index in [0.29, 0.717) is 29.3 Å². The van der Waals surface area contributed by atoms with Gasteiger partial charge in [0.05, 0.1) is 12.7 Å². The molecule has 4 atom stereocenters. The number of ether oxygens (including phenoxy) is 2. The van der Waals surface area contributed by atoms with Crippen molar-refractivity contribution in [3.63, 3.8) is 0 Å². The lowest BCUT2D eigenvalue weighted by molar-refractivity contribution is 0.0132. The second-order valence-corrected chi connectivity index (χ2v) is 6.57. The fraction of sp³-hybridized carbons (Fsp3) is 0.667. The topological polar surface area (TPSA) is 139 Å². The van der Waals surface area contributed by atoms with E-state index in [-0.39, 0.29) is 11.8 Å². The number of anilines is 1. The van der Waals surface area contributed by atoms with Gasteiger partial charge >= 0.3 is 6.01 Å². The van der Waals surface area contributed by atoms with Crippen molar-refractivity contribution in [1.29, 1.82) is 0 Å². The third-order valence-electron chi connectivity index (χ3n) is 4.89. The minimum absolute atomic E-state index is 0.190. The van der Waals surface area contributed by atoms with E-state index in [4.69, 9.17) is 15.2 Å². The van der Waals surface area contributed by atoms with Crippen LogP contribution in [0.2, 0.25) is 0 Å². The van der Waals surface area contributed by atoms with Gasteiger partial charge in [-0.25, -0.2) is 0 Å². The highest BCUT2D eigenvalue weighted by Gasteiger charge is 2.43. The summed E-state index contributed by atoms with van der Waals surface area (Å²) in [6.45, 7) is 2.26. The molecule has 2 aliphatic rings. The van der Waals surface area contributed by atoms with Crippen molar-refractivity contribution in [2.45, 2.75) is 50.6 Å². The standard InChI is InChI=1S/C15H21N5O4/c1-6-11(21)12(22)13(24-6)9-8-10(20-19-9)14(16)18-15(17-8)23-5-7-3-2-4-7/h6-7,11-13,21-22H,2-5H2,1H3,(H,19,20)(H2,16,17,18)/t6-,11-,12-,13+/m1/s1. The average Bonchev–Trinajstić information content (AvgIpc) is 3.03. The molecule has 0 radical (unpaired) electrons. The number of aromatic nitrogens is 4. The molecule has 9 heteroatoms. The second-order valence-electron chi connectivity index (χ2n) is 6.57. The number of hydrogen-bond acceptors (Lipinski definition) is 8. The average molecular weight is 335 g/mol. The summed E-state index contributed by atoms with van der Waals surface area (Å²) >= 11 is 0. The molecule has 0 spiro atoms. The van der Waals surface area contributed by atoms with Crippen LogP contribution in [0.25, 0.3) is 11.0 Å². The zero-order valence-corrected chi connectivity index (χ0v) is 13.3. The zero-order valence-electron chi connectivity index (χ0n) is 13.3. The molecule has 1 aliphatic heterocycles. The van der Waals surface area contributed by atoms with Crippen molar-refractivity contribution >= 4 is 16.9 Å². The number of nitrogen functional groups attached to an aromatic ring is 1. The number of aliphatic hydroxyl groups excluding tert-OH is 2. The normalized spacial score (nSPS) is 30.6. The van der Waals surface area contributed by atoms with E-state index in [0.717, 1.165) is 12.8 Å². The first-order chi connectivity index (χ1) is 11.5. The maximum Gasteiger partial charge on any atom is 0.319 e. The number of H-pyrrole nitrogens is 1. The molecule has 2 aromatic heterocycles. The lowest BCUT2D eigenvalue weighted by Gasteiger charge is -2.24. The number of nitrogens with two attached hydrogens (primary N) is 1. The maximum absolute atomic E-state index is 10.2. The molecule has 0 amide bonds. The van der Waals surface area contributed by atoms with E-state index in [2.05, 4.69) is 20.2 Å². The van der Waals surface area contributed by atoms with E-state index in [9.17, 15) is 10.2 Å². The van der Waals surface area contributed by atoms with Gasteiger partial charge in [0.25, 0.3) is 0 Å². The van der Waals surface area contributed by atoms with E-state index in [1.165, 1.54) is 6.42 Å². The predicted octanol–water partition coefficient (Wildman–Crippen LogP) is 0.296. The van der Waals surface area contributed by atoms with Crippen molar-refractivity contribution in [1.82, 2.24) is 20.2 Å². The molecule has 0 bridgehead atoms. The van der Waals surface area contributed by atoms with Crippen LogP contribution in [0.5, 0.6) is 6.01 Å². The minimum Gasteiger partial charge on any atom is -0.463 e. The van der Waals surface area contributed by atoms with E-state index >= 15 is 0 Å². The molecule has 5 N–H and O–H groups in total. The highest BCUT2D eigenvalue weighted by molar-refractivity contribution is 5.86. The fourth-order valence-electron chi connectivity index (χ4n) is 3.11. The number of aliphatic hydroxyl groups is 2. The Morgan fingerprint density at radius 3 is 2.71 bits per heavy atom. The van der Waals surface area contributed by atoms with Gasteiger partial charge in [-0.3, -0.25) is 5.10 Å². The highest BCUT2D eigenvalue weighted by atomic mass is 16.5. The molecule has 24 heavy (non-hydrogen) atoms. The van der Waals surface area contributed by atoms with E-state index in [1.54, 1.807) is 6.92 Å². The summed E-state index contributed by atoms with van der Waals surface area (Å²) in [5.74, 6) is 0.772. The van der Waals surface area contributed by atoms with Gasteiger partial charge in [0, 0.05) is 0 Å². The van der Waals surface area contributed by atoms with Crippen LogP contribution in [0.15, 0.2) is 0 Å². The van der Waals surface area contributed by atoms with Crippen LogP contribution >= 0.6 is 0 Å². The molecule has 1 saturated heterocycles. The van der Waals surface area contributed by atoms with Gasteiger partial charge in [-0.15, -0.1) is 0 Å². The van der Waals surface area contributed by atoms with Crippen LogP contribution in [-0.4, -0.2) is 55.3 Å². The number of hydrogen-bond donors (Lipinski definition) is 4. The van der Waals surface area contributed by atoms with Gasteiger partial charge < -0.3 is 25.4 Å². The van der Waals surface area contributed by atoms with Crippen molar-refractivity contribution in [3.8, 4) is 6.01 Å². The summed E-state index contributed by atoms with van der Waals surface area (Å²) in [5, 5.41) is 27.0. The Kier molecular flexibility index (Phi) is 3.78. The zero-order chi connectivity index (χ0) is 16.8. The Balaban J connectivity index is 1.65. The summed E-state index contributed by atoms with van der Waals surface area (Å²) in [6, 6.07) is 0.190. The molecule has 130 valence electrons. The smallest absolute Gasteiger partial charge is 0.319 e. The largest absolute Gasteiger partial charge is 0.463 e. The van der Waals surface area contributed by atoms with Gasteiger partial charge in [-0.1, -0.05) is 6.42 Å². The second kappa shape index (κ2) is 5.83. The summed E-state index contributed by atoms with van der Waals surface area (Å²) in [7, 11) is 0. The Morgan fingerprint density at radius 2 is 2.08 bits per heavy atom. The number of aromatic amines is 1. The summed E-state index contributed by atoms with van der Waals surface area (Å²) < 4.78 is 11.3. The Morgan fingerprint density at radius 1 is 1.29 bits per heavy atom. The third kappa shape index (κ3) is 2.48. The van der Waals surface area contributed by atoms with Gasteiger partial charge in [0.15, 0.2) is 5.82 Å². The van der Waals surface area contributed by atoms with Crippen LogP contribution in [0.4, 0.5) is 5.82 Å². The van der Waals surface area contributed by atoms with Crippen molar-refractivity contribution < 1.29 is 19.7 Å². The molecular formula is C15H21N5O4. The Bertz CT molecular complexity index is 747. The van der Waals surface area contributed by atoms with Gasteiger partial charge in [-0.2, -0.15) is 15.1 Å². The third-order valence-corrected chi connectivity index (χ3v) is 4.89. The molecule has 0 unspecified atom stereocenters. The quantitative estimate of drug-likeness (QED) is 0.625. The van der Waals surface area contributed by atoms with E-state index < -0.39 is 24.4 Å². The number of nitrogens with zero attached hydrogens (tertiary/aromatic N) is 3. The molecule has 2 fully saturated rings. The monoisotopic (exact) mass is 335 g/mol. The first-order valence-electron chi connectivity index (χ1n) is 8.20. The minimum atomic E-state index is -1.08. The first kappa shape index (κ1) is 15.6. The molecule has 3 heterocycles. The fourth-order valence-corrected chi connectivity index (χ4v) is 3.11. The summed E-state index contributed by atoms with van der Waals surface area (Å²) in [5.41, 5.74) is 7.25. The van der Waals surface area contributed by atoms with Crippen LogP contribution in [0.1, 0.15) is 38.0 Å². The van der Waals surface area contributed by atoms with Crippen LogP contribution < -0.4 is 10.5 Å². The van der Waals surface area contributed by atoms with Gasteiger partial charge in [0.1, 0.15) is 35.0 Å². The lowest BCUT2D eigenvalue weighted by Crippen LogP contribution is -2.28. The van der Waals surface area contributed by atoms with Crippen LogP contribution in [0.3, 0.4) is 0 Å². The predicted molar refractivity (Wildman–Crippen MR) is 84.2 cm³/mol. The number of nitrogens with one attached hydrogen (secondary N) is 1. The number of fused-ring (bicyclic) bond motifs is 1. The Labute approximate surface area is 138 Å². The van der Waals surface area contributed by atoms with Crippen LogP contribution in [0, 0.1) is 5.92 Å². The van der Waals surface area contributed by atoms with Crippen LogP contribution in [-0.2, 0) is 4.74 Å². The van der Waals surface area contributed by atoms with Crippen molar-refractivity contribution in [2.75, 3.05) is 12.3 Å². The molecular weight excluding hydrogens is 314 g/mol. The summed E-state index contributed by atoms with van der Waals surface area (Å²) in [4.78, 5) is 8.52. The van der Waals surface area contributed by atoms with Crippen molar-refractivity contribution in [2.24, 2.45) is 5.92 Å². The highest BCUT2D eigenvalue weighted by Crippen LogP contribution is 2.36. The maximum atomic E-state index is 10.2. The molecule has 0 aromatic carbocycles. The SMILES string of the molecule is C[C@H]1O[C@@H](c2n[nH]c3c(N)nc(OCC4CCC4)nc23)[C@H](O)[C@@H]1O. The number of rotatable bonds is 4. The van der Waals surface area contributed by atoms with Crippen molar-refractivity contribution in [3.05, 3.63) is 5.69 Å². The molecule has 2 aromatic rings. The Hall–Kier alpha value is -1.97. The van der Waals surface area contributed by atoms with E-state index in [1.807, 2.05) is 0 Å². The summed E-state index contributed by atoms with van der Waals surface area (Å²) in [6.07, 6.45) is 0.221. The molecule has 1 saturated carbocycles. The molecule has 4 rings (SSSR count). The van der Waals surface area contributed by atoms with Gasteiger partial charge in [-0.05, 0) is 25.7 Å². The molecule has 9 nitrogen and oxygen atoms in total. The van der Waals surface area contributed by atoms with Gasteiger partial charge in [0.2, 0.25) is 0 Å². The molecule has 1 aliphatic carbocycles. The first-order valence-corrected chi connectivity index (χ1v) is 8.20. The lowest BCUT2D eigenvalue weighted by atomic mass is 9.86.